The van der Waals surface area contributed by atoms with E-state index >= 15 is 0 Å². The third-order valence-corrected chi connectivity index (χ3v) is 5.04. The summed E-state index contributed by atoms with van der Waals surface area (Å²) < 4.78 is 27.9. The van der Waals surface area contributed by atoms with Crippen LogP contribution in [0.4, 0.5) is 0 Å². The lowest BCUT2D eigenvalue weighted by Crippen LogP contribution is -2.67. The summed E-state index contributed by atoms with van der Waals surface area (Å²) in [7, 11) is 0. The summed E-state index contributed by atoms with van der Waals surface area (Å²) >= 11 is 0. The van der Waals surface area contributed by atoms with Gasteiger partial charge in [-0.05, 0) is 23.1 Å². The molecule has 0 spiro atoms. The summed E-state index contributed by atoms with van der Waals surface area (Å²) in [5.74, 6) is -1.92. The summed E-state index contributed by atoms with van der Waals surface area (Å²) in [6.07, 6.45) is -4.51. The Morgan fingerprint density at radius 3 is 1.91 bits per heavy atom. The van der Waals surface area contributed by atoms with E-state index in [1.165, 1.54) is 27.7 Å². The van der Waals surface area contributed by atoms with Crippen molar-refractivity contribution in [3.63, 3.8) is 0 Å². The van der Waals surface area contributed by atoms with Gasteiger partial charge in [-0.2, -0.15) is 0 Å². The Labute approximate surface area is 199 Å². The molecule has 0 aromatic heterocycles. The minimum atomic E-state index is -1.17. The topological polar surface area (TPSA) is 126 Å². The maximum atomic E-state index is 12.0. The van der Waals surface area contributed by atoms with Gasteiger partial charge >= 0.3 is 17.9 Å². The van der Waals surface area contributed by atoms with Gasteiger partial charge in [0, 0.05) is 27.7 Å². The minimum Gasteiger partial charge on any atom is -0.463 e. The van der Waals surface area contributed by atoms with E-state index in [0.717, 1.165) is 5.56 Å². The molecule has 34 heavy (non-hydrogen) atoms. The van der Waals surface area contributed by atoms with Gasteiger partial charge in [0.2, 0.25) is 12.2 Å². The van der Waals surface area contributed by atoms with Crippen molar-refractivity contribution in [2.45, 2.75) is 84.5 Å². The van der Waals surface area contributed by atoms with Crippen LogP contribution in [0, 0.1) is 0 Å². The Morgan fingerprint density at radius 1 is 0.882 bits per heavy atom. The molecule has 0 saturated carbocycles. The molecule has 1 saturated heterocycles. The van der Waals surface area contributed by atoms with Gasteiger partial charge in [-0.3, -0.25) is 19.2 Å². The molecule has 1 aliphatic rings. The van der Waals surface area contributed by atoms with Gasteiger partial charge < -0.3 is 29.0 Å². The maximum Gasteiger partial charge on any atom is 0.303 e. The number of nitrogens with one attached hydrogen (secondary N) is 1. The second-order valence-corrected chi connectivity index (χ2v) is 9.11. The second kappa shape index (κ2) is 11.3. The average molecular weight is 480 g/mol. The van der Waals surface area contributed by atoms with Crippen LogP contribution in [0.2, 0.25) is 0 Å². The summed E-state index contributed by atoms with van der Waals surface area (Å²) in [6.45, 7) is 10.8. The number of hydrogen-bond acceptors (Lipinski definition) is 9. The number of carbonyl (C=O) groups is 4. The van der Waals surface area contributed by atoms with E-state index in [2.05, 4.69) is 26.1 Å². The number of hydrogen-bond donors (Lipinski definition) is 1. The molecular formula is C24H33NO9. The highest BCUT2D eigenvalue weighted by Gasteiger charge is 2.51. The van der Waals surface area contributed by atoms with E-state index in [1.54, 1.807) is 12.1 Å². The van der Waals surface area contributed by atoms with Crippen LogP contribution in [-0.2, 0) is 43.5 Å². The number of carbonyl (C=O) groups excluding carboxylic acids is 4. The predicted molar refractivity (Wildman–Crippen MR) is 120 cm³/mol. The zero-order valence-electron chi connectivity index (χ0n) is 20.6. The predicted octanol–water partition coefficient (Wildman–Crippen LogP) is 2.02. The van der Waals surface area contributed by atoms with E-state index in [9.17, 15) is 19.2 Å². The van der Waals surface area contributed by atoms with Crippen LogP contribution in [0.5, 0.6) is 5.75 Å². The molecular weight excluding hydrogens is 446 g/mol. The van der Waals surface area contributed by atoms with Crippen LogP contribution in [0.1, 0.15) is 54.0 Å². The lowest BCUT2D eigenvalue weighted by Gasteiger charge is -2.44. The van der Waals surface area contributed by atoms with E-state index in [-0.39, 0.29) is 12.0 Å². The molecule has 1 N–H and O–H groups in total. The van der Waals surface area contributed by atoms with Gasteiger partial charge in [0.05, 0.1) is 0 Å². The molecule has 188 valence electrons. The Kier molecular flexibility index (Phi) is 9.03. The molecule has 10 heteroatoms. The third kappa shape index (κ3) is 7.72. The number of amides is 1. The van der Waals surface area contributed by atoms with Crippen molar-refractivity contribution < 1.29 is 42.9 Å². The van der Waals surface area contributed by atoms with Crippen LogP contribution >= 0.6 is 0 Å². The Hall–Kier alpha value is -3.14. The molecule has 1 heterocycles. The van der Waals surface area contributed by atoms with Gasteiger partial charge in [0.15, 0.2) is 12.2 Å². The Balaban J connectivity index is 2.43. The fraction of sp³-hybridized carbons (Fsp3) is 0.583. The molecule has 0 aliphatic carbocycles. The highest BCUT2D eigenvalue weighted by Crippen LogP contribution is 2.30. The number of ether oxygens (including phenoxy) is 5. The molecule has 2 rings (SSSR count). The van der Waals surface area contributed by atoms with E-state index in [0.29, 0.717) is 5.75 Å². The smallest absolute Gasteiger partial charge is 0.303 e. The molecule has 1 fully saturated rings. The van der Waals surface area contributed by atoms with E-state index in [4.69, 9.17) is 23.7 Å². The van der Waals surface area contributed by atoms with Crippen molar-refractivity contribution in [1.29, 1.82) is 0 Å². The summed E-state index contributed by atoms with van der Waals surface area (Å²) in [5, 5.41) is 2.67. The summed E-state index contributed by atoms with van der Waals surface area (Å²) in [5.41, 5.74) is 1.02. The standard InChI is InChI=1S/C24H33NO9/c1-13(26)25-20-22(32-16(4)29)21(31-15(3)28)19(12-30-14(2)27)34-23(20)33-18-10-8-17(9-11-18)24(5,6)7/h8-11,19-23H,12H2,1-7H3,(H,25,26)/t19-,20+,21+,22-,23-/m1/s1. The Morgan fingerprint density at radius 2 is 1.44 bits per heavy atom. The highest BCUT2D eigenvalue weighted by atomic mass is 16.7. The number of esters is 3. The molecule has 0 bridgehead atoms. The Bertz CT molecular complexity index is 891. The van der Waals surface area contributed by atoms with Crippen molar-refractivity contribution in [2.75, 3.05) is 6.61 Å². The number of rotatable bonds is 7. The fourth-order valence-corrected chi connectivity index (χ4v) is 3.56. The first kappa shape index (κ1) is 27.1. The van der Waals surface area contributed by atoms with Gasteiger partial charge in [0.1, 0.15) is 24.5 Å². The van der Waals surface area contributed by atoms with Gasteiger partial charge in [0.25, 0.3) is 0 Å². The van der Waals surface area contributed by atoms with Crippen LogP contribution in [0.25, 0.3) is 0 Å². The van der Waals surface area contributed by atoms with Crippen LogP contribution in [0.3, 0.4) is 0 Å². The van der Waals surface area contributed by atoms with Gasteiger partial charge in [-0.15, -0.1) is 0 Å². The van der Waals surface area contributed by atoms with E-state index in [1.807, 2.05) is 12.1 Å². The van der Waals surface area contributed by atoms with E-state index < -0.39 is 54.5 Å². The van der Waals surface area contributed by atoms with Gasteiger partial charge in [-0.25, -0.2) is 0 Å². The molecule has 1 aromatic carbocycles. The monoisotopic (exact) mass is 479 g/mol. The highest BCUT2D eigenvalue weighted by molar-refractivity contribution is 5.73. The number of benzene rings is 1. The van der Waals surface area contributed by atoms with Gasteiger partial charge in [-0.1, -0.05) is 32.9 Å². The zero-order chi connectivity index (χ0) is 25.6. The van der Waals surface area contributed by atoms with Crippen molar-refractivity contribution >= 4 is 23.8 Å². The first-order chi connectivity index (χ1) is 15.8. The average Bonchev–Trinajstić information content (AvgIpc) is 2.69. The fourth-order valence-electron chi connectivity index (χ4n) is 3.56. The molecule has 1 aromatic rings. The van der Waals surface area contributed by atoms with Crippen molar-refractivity contribution in [3.8, 4) is 5.75 Å². The molecule has 5 atom stereocenters. The zero-order valence-corrected chi connectivity index (χ0v) is 20.6. The first-order valence-corrected chi connectivity index (χ1v) is 11.0. The van der Waals surface area contributed by atoms with Crippen molar-refractivity contribution in [3.05, 3.63) is 29.8 Å². The SMILES string of the molecule is CC(=O)N[C@@H]1[C@H](Oc2ccc(C(C)(C)C)cc2)O[C@H](COC(C)=O)[C@H](OC(C)=O)[C@@H]1OC(C)=O. The van der Waals surface area contributed by atoms with Crippen molar-refractivity contribution in [2.24, 2.45) is 0 Å². The summed E-state index contributed by atoms with van der Waals surface area (Å²) in [4.78, 5) is 47.1. The third-order valence-electron chi connectivity index (χ3n) is 5.04. The van der Waals surface area contributed by atoms with Crippen molar-refractivity contribution in [1.82, 2.24) is 5.32 Å². The molecule has 0 unspecified atom stereocenters. The lowest BCUT2D eigenvalue weighted by atomic mass is 9.87. The maximum absolute atomic E-state index is 12.0. The van der Waals surface area contributed by atoms with Crippen LogP contribution < -0.4 is 10.1 Å². The first-order valence-electron chi connectivity index (χ1n) is 11.0. The molecule has 0 radical (unpaired) electrons. The lowest BCUT2D eigenvalue weighted by molar-refractivity contribution is -0.257. The summed E-state index contributed by atoms with van der Waals surface area (Å²) in [6, 6.07) is 6.31. The van der Waals surface area contributed by atoms with Crippen LogP contribution in [0.15, 0.2) is 24.3 Å². The molecule has 10 nitrogen and oxygen atoms in total. The molecule has 1 aliphatic heterocycles. The normalized spacial score (nSPS) is 24.5. The minimum absolute atomic E-state index is 0.0641. The largest absolute Gasteiger partial charge is 0.463 e. The molecule has 1 amide bonds. The quantitative estimate of drug-likeness (QED) is 0.462. The second-order valence-electron chi connectivity index (χ2n) is 9.11. The van der Waals surface area contributed by atoms with Crippen LogP contribution in [-0.4, -0.2) is 61.1 Å².